The van der Waals surface area contributed by atoms with Crippen LogP contribution in [-0.4, -0.2) is 38.5 Å². The molecule has 2 radical (unpaired) electrons. The Bertz CT molecular complexity index is 66.8. The van der Waals surface area contributed by atoms with Crippen molar-refractivity contribution in [2.45, 2.75) is 13.0 Å². The average molecular weight is 110 g/mol. The number of rotatable bonds is 0. The van der Waals surface area contributed by atoms with Gasteiger partial charge in [-0.15, -0.1) is 0 Å². The largest absolute Gasteiger partial charge is 0.349 e. The third-order valence-corrected chi connectivity index (χ3v) is 1.55. The molecule has 2 nitrogen and oxygen atoms in total. The van der Waals surface area contributed by atoms with Gasteiger partial charge in [0.15, 0.2) is 7.98 Å². The van der Waals surface area contributed by atoms with E-state index in [0.29, 0.717) is 6.04 Å². The molecule has 0 aliphatic carbocycles. The molecule has 3 heteroatoms. The first kappa shape index (κ1) is 6.11. The van der Waals surface area contributed by atoms with Gasteiger partial charge in [0.2, 0.25) is 0 Å². The predicted octanol–water partition coefficient (Wildman–Crippen LogP) is -0.636. The number of piperazine rings is 1. The molecule has 0 spiro atoms. The van der Waals surface area contributed by atoms with Gasteiger partial charge in [0.25, 0.3) is 0 Å². The van der Waals surface area contributed by atoms with Gasteiger partial charge in [0.05, 0.1) is 0 Å². The summed E-state index contributed by atoms with van der Waals surface area (Å²) in [6.45, 7) is 5.14. The van der Waals surface area contributed by atoms with E-state index in [1.165, 1.54) is 0 Å². The van der Waals surface area contributed by atoms with Crippen LogP contribution in [0.4, 0.5) is 0 Å². The Morgan fingerprint density at radius 2 is 2.50 bits per heavy atom. The van der Waals surface area contributed by atoms with Crippen LogP contribution in [0.1, 0.15) is 6.92 Å². The molecule has 1 aliphatic rings. The number of nitrogens with one attached hydrogen (secondary N) is 1. The molecule has 1 heterocycles. The maximum Gasteiger partial charge on any atom is 0.182 e. The monoisotopic (exact) mass is 110 g/mol. The van der Waals surface area contributed by atoms with Crippen LogP contribution in [0.2, 0.25) is 0 Å². The van der Waals surface area contributed by atoms with Crippen molar-refractivity contribution in [3.63, 3.8) is 0 Å². The molecule has 44 valence electrons. The highest BCUT2D eigenvalue weighted by atomic mass is 15.1. The van der Waals surface area contributed by atoms with Crippen LogP contribution in [0.15, 0.2) is 0 Å². The Morgan fingerprint density at radius 1 is 1.75 bits per heavy atom. The topological polar surface area (TPSA) is 15.3 Å². The Hall–Kier alpha value is -0.0151. The molecule has 1 atom stereocenters. The van der Waals surface area contributed by atoms with Crippen molar-refractivity contribution in [3.8, 4) is 0 Å². The molecule has 1 rings (SSSR count). The highest BCUT2D eigenvalue weighted by Crippen LogP contribution is 1.95. The van der Waals surface area contributed by atoms with Crippen molar-refractivity contribution in [3.05, 3.63) is 0 Å². The molecular formula is C5H11BN2. The average Bonchev–Trinajstić information content (AvgIpc) is 1.77. The Balaban J connectivity index is 2.28. The van der Waals surface area contributed by atoms with Crippen molar-refractivity contribution < 1.29 is 0 Å². The van der Waals surface area contributed by atoms with Crippen molar-refractivity contribution in [2.24, 2.45) is 0 Å². The van der Waals surface area contributed by atoms with E-state index in [1.54, 1.807) is 0 Å². The smallest absolute Gasteiger partial charge is 0.182 e. The fourth-order valence-electron chi connectivity index (χ4n) is 0.857. The SMILES string of the molecule is [B]N1CCNCC1C. The van der Waals surface area contributed by atoms with E-state index in [4.69, 9.17) is 7.98 Å². The lowest BCUT2D eigenvalue weighted by molar-refractivity contribution is 0.297. The summed E-state index contributed by atoms with van der Waals surface area (Å²) in [5.74, 6) is 0. The number of nitrogens with zero attached hydrogens (tertiary/aromatic N) is 1. The van der Waals surface area contributed by atoms with Gasteiger partial charge in [-0.2, -0.15) is 0 Å². The number of hydrogen-bond acceptors (Lipinski definition) is 2. The molecule has 0 saturated carbocycles. The van der Waals surface area contributed by atoms with Crippen LogP contribution in [0.5, 0.6) is 0 Å². The van der Waals surface area contributed by atoms with Crippen molar-refractivity contribution in [2.75, 3.05) is 19.6 Å². The standard InChI is InChI=1S/C5H11BN2/c1-5-4-7-2-3-8(5)6/h5,7H,2-4H2,1H3. The molecule has 1 N–H and O–H groups in total. The second kappa shape index (κ2) is 2.51. The molecule has 0 aromatic carbocycles. The lowest BCUT2D eigenvalue weighted by atomic mass is 10.1. The van der Waals surface area contributed by atoms with Gasteiger partial charge in [-0.1, -0.05) is 0 Å². The maximum atomic E-state index is 5.57. The first-order chi connectivity index (χ1) is 3.80. The minimum absolute atomic E-state index is 0.503. The molecule has 0 amide bonds. The van der Waals surface area contributed by atoms with Crippen LogP contribution in [0.3, 0.4) is 0 Å². The zero-order chi connectivity index (χ0) is 5.98. The molecule has 0 aromatic heterocycles. The summed E-state index contributed by atoms with van der Waals surface area (Å²) >= 11 is 0. The Kier molecular flexibility index (Phi) is 1.92. The summed E-state index contributed by atoms with van der Waals surface area (Å²) in [5.41, 5.74) is 0. The van der Waals surface area contributed by atoms with E-state index < -0.39 is 0 Å². The van der Waals surface area contributed by atoms with Crippen LogP contribution < -0.4 is 5.32 Å². The third-order valence-electron chi connectivity index (χ3n) is 1.55. The lowest BCUT2D eigenvalue weighted by Gasteiger charge is -2.30. The van der Waals surface area contributed by atoms with Gasteiger partial charge >= 0.3 is 0 Å². The Morgan fingerprint density at radius 3 is 2.88 bits per heavy atom. The normalized spacial score (nSPS) is 32.9. The van der Waals surface area contributed by atoms with Gasteiger partial charge in [-0.25, -0.2) is 0 Å². The van der Waals surface area contributed by atoms with Crippen LogP contribution in [-0.2, 0) is 0 Å². The molecule has 0 bridgehead atoms. The van der Waals surface area contributed by atoms with Gasteiger partial charge in [-0.3, -0.25) is 0 Å². The van der Waals surface area contributed by atoms with Crippen LogP contribution in [0, 0.1) is 0 Å². The van der Waals surface area contributed by atoms with Crippen molar-refractivity contribution in [1.82, 2.24) is 10.1 Å². The maximum absolute atomic E-state index is 5.57. The van der Waals surface area contributed by atoms with Gasteiger partial charge in [0, 0.05) is 19.1 Å². The first-order valence-electron chi connectivity index (χ1n) is 3.03. The van der Waals surface area contributed by atoms with Gasteiger partial charge in [-0.05, 0) is 13.5 Å². The summed E-state index contributed by atoms with van der Waals surface area (Å²) in [6, 6.07) is 0.503. The molecule has 8 heavy (non-hydrogen) atoms. The van der Waals surface area contributed by atoms with E-state index in [9.17, 15) is 0 Å². The van der Waals surface area contributed by atoms with E-state index >= 15 is 0 Å². The zero-order valence-corrected chi connectivity index (χ0v) is 5.22. The van der Waals surface area contributed by atoms with Crippen LogP contribution in [0.25, 0.3) is 0 Å². The summed E-state index contributed by atoms with van der Waals surface area (Å²) in [6.07, 6.45) is 0. The molecule has 0 aromatic rings. The predicted molar refractivity (Wildman–Crippen MR) is 34.8 cm³/mol. The molecule has 1 unspecified atom stereocenters. The van der Waals surface area contributed by atoms with E-state index in [-0.39, 0.29) is 0 Å². The second-order valence-electron chi connectivity index (χ2n) is 2.29. The highest BCUT2D eigenvalue weighted by Gasteiger charge is 2.11. The highest BCUT2D eigenvalue weighted by molar-refractivity contribution is 6.04. The van der Waals surface area contributed by atoms with Gasteiger partial charge < -0.3 is 10.1 Å². The molecular weight excluding hydrogens is 98.9 g/mol. The molecule has 1 fully saturated rings. The van der Waals surface area contributed by atoms with Crippen molar-refractivity contribution in [1.29, 1.82) is 0 Å². The summed E-state index contributed by atoms with van der Waals surface area (Å²) < 4.78 is 0. The summed E-state index contributed by atoms with van der Waals surface area (Å²) in [4.78, 5) is 1.87. The minimum atomic E-state index is 0.503. The van der Waals surface area contributed by atoms with E-state index in [1.807, 2.05) is 4.81 Å². The van der Waals surface area contributed by atoms with Crippen LogP contribution >= 0.6 is 0 Å². The quantitative estimate of drug-likeness (QED) is 0.417. The summed E-state index contributed by atoms with van der Waals surface area (Å²) in [5, 5.41) is 3.24. The van der Waals surface area contributed by atoms with E-state index in [0.717, 1.165) is 19.6 Å². The second-order valence-corrected chi connectivity index (χ2v) is 2.29. The first-order valence-corrected chi connectivity index (χ1v) is 3.03. The number of hydrogen-bond donors (Lipinski definition) is 1. The third kappa shape index (κ3) is 1.23. The molecule has 1 aliphatic heterocycles. The fourth-order valence-corrected chi connectivity index (χ4v) is 0.857. The van der Waals surface area contributed by atoms with E-state index in [2.05, 4.69) is 12.2 Å². The summed E-state index contributed by atoms with van der Waals surface area (Å²) in [7, 11) is 5.57. The fraction of sp³-hybridized carbons (Fsp3) is 1.00. The minimum Gasteiger partial charge on any atom is -0.349 e. The zero-order valence-electron chi connectivity index (χ0n) is 5.22. The van der Waals surface area contributed by atoms with Crippen molar-refractivity contribution >= 4 is 7.98 Å². The van der Waals surface area contributed by atoms with Gasteiger partial charge in [0.1, 0.15) is 0 Å². The molecule has 1 saturated heterocycles. The Labute approximate surface area is 51.7 Å². The lowest BCUT2D eigenvalue weighted by Crippen LogP contribution is -2.48.